The summed E-state index contributed by atoms with van der Waals surface area (Å²) in [5.74, 6) is -0.556. The predicted molar refractivity (Wildman–Crippen MR) is 68.4 cm³/mol. The smallest absolute Gasteiger partial charge is 0.338 e. The zero-order valence-electron chi connectivity index (χ0n) is 9.97. The summed E-state index contributed by atoms with van der Waals surface area (Å²) in [5.41, 5.74) is 0.791. The number of aromatic carboxylic acids is 1. The Morgan fingerprint density at radius 2 is 2.32 bits per heavy atom. The van der Waals surface area contributed by atoms with E-state index in [1.807, 2.05) is 0 Å². The third kappa shape index (κ3) is 3.32. The van der Waals surface area contributed by atoms with Crippen LogP contribution in [0.3, 0.4) is 0 Å². The van der Waals surface area contributed by atoms with Crippen LogP contribution < -0.4 is 10.6 Å². The molecule has 0 unspecified atom stereocenters. The molecule has 0 aliphatic rings. The number of carboxylic acid groups (broad SMARTS) is 1. The first-order valence-corrected chi connectivity index (χ1v) is 6.22. The molecule has 0 spiro atoms. The van der Waals surface area contributed by atoms with Gasteiger partial charge in [-0.15, -0.1) is 11.3 Å². The van der Waals surface area contributed by atoms with E-state index in [0.29, 0.717) is 10.8 Å². The number of thiophene rings is 1. The van der Waals surface area contributed by atoms with Crippen molar-refractivity contribution in [2.45, 2.75) is 13.5 Å². The van der Waals surface area contributed by atoms with Crippen LogP contribution in [0.25, 0.3) is 0 Å². The molecule has 2 aromatic heterocycles. The number of hydrogen-bond acceptors (Lipinski definition) is 5. The zero-order chi connectivity index (χ0) is 13.8. The van der Waals surface area contributed by atoms with Crippen LogP contribution in [0, 0.1) is 6.92 Å². The Balaban J connectivity index is 1.90. The number of nitrogens with one attached hydrogen (secondary N) is 2. The molecule has 0 aliphatic heterocycles. The lowest BCUT2D eigenvalue weighted by atomic mass is 10.3. The first-order valence-electron chi connectivity index (χ1n) is 5.34. The van der Waals surface area contributed by atoms with E-state index in [4.69, 9.17) is 9.63 Å². The molecule has 100 valence electrons. The van der Waals surface area contributed by atoms with E-state index in [-0.39, 0.29) is 12.1 Å². The average molecular weight is 281 g/mol. The van der Waals surface area contributed by atoms with Gasteiger partial charge in [-0.2, -0.15) is 0 Å². The molecule has 0 saturated heterocycles. The van der Waals surface area contributed by atoms with E-state index in [9.17, 15) is 9.59 Å². The van der Waals surface area contributed by atoms with Crippen LogP contribution in [0.5, 0.6) is 0 Å². The number of rotatable bonds is 4. The van der Waals surface area contributed by atoms with Gasteiger partial charge in [0, 0.05) is 6.07 Å². The molecular weight excluding hydrogens is 270 g/mol. The van der Waals surface area contributed by atoms with Crippen LogP contribution in [-0.4, -0.2) is 22.3 Å². The van der Waals surface area contributed by atoms with Crippen molar-refractivity contribution in [1.82, 2.24) is 10.5 Å². The van der Waals surface area contributed by atoms with E-state index in [1.165, 1.54) is 6.07 Å². The molecule has 0 aromatic carbocycles. The number of hydrogen-bond donors (Lipinski definition) is 3. The Kier molecular flexibility index (Phi) is 3.81. The molecule has 0 atom stereocenters. The summed E-state index contributed by atoms with van der Waals surface area (Å²) in [6.07, 6.45) is 0. The highest BCUT2D eigenvalue weighted by molar-refractivity contribution is 7.14. The lowest BCUT2D eigenvalue weighted by Crippen LogP contribution is -2.28. The predicted octanol–water partition coefficient (Wildman–Crippen LogP) is 2.06. The Labute approximate surface area is 112 Å². The molecule has 0 saturated carbocycles. The molecule has 0 radical (unpaired) electrons. The quantitative estimate of drug-likeness (QED) is 0.795. The maximum atomic E-state index is 11.6. The molecule has 0 aliphatic carbocycles. The van der Waals surface area contributed by atoms with Crippen molar-refractivity contribution >= 4 is 28.3 Å². The summed E-state index contributed by atoms with van der Waals surface area (Å²) in [4.78, 5) is 22.5. The molecule has 8 heteroatoms. The van der Waals surface area contributed by atoms with Crippen LogP contribution in [0.4, 0.5) is 9.80 Å². The molecule has 3 N–H and O–H groups in total. The fraction of sp³-hybridized carbons (Fsp3) is 0.182. The highest BCUT2D eigenvalue weighted by Crippen LogP contribution is 2.22. The molecule has 19 heavy (non-hydrogen) atoms. The minimum atomic E-state index is -1.08. The topological polar surface area (TPSA) is 104 Å². The fourth-order valence-electron chi connectivity index (χ4n) is 1.39. The number of carboxylic acids is 1. The molecule has 2 aromatic rings. The Morgan fingerprint density at radius 1 is 1.53 bits per heavy atom. The van der Waals surface area contributed by atoms with Crippen molar-refractivity contribution < 1.29 is 19.2 Å². The van der Waals surface area contributed by atoms with Crippen LogP contribution in [0.15, 0.2) is 22.0 Å². The zero-order valence-corrected chi connectivity index (χ0v) is 10.8. The first kappa shape index (κ1) is 13.1. The van der Waals surface area contributed by atoms with Gasteiger partial charge in [-0.3, -0.25) is 5.32 Å². The second kappa shape index (κ2) is 5.53. The van der Waals surface area contributed by atoms with Crippen molar-refractivity contribution in [1.29, 1.82) is 0 Å². The van der Waals surface area contributed by atoms with E-state index in [2.05, 4.69) is 15.8 Å². The molecule has 7 nitrogen and oxygen atoms in total. The number of nitrogens with zero attached hydrogens (tertiary/aromatic N) is 1. The molecule has 0 fully saturated rings. The van der Waals surface area contributed by atoms with Crippen molar-refractivity contribution in [3.05, 3.63) is 34.5 Å². The van der Waals surface area contributed by atoms with Gasteiger partial charge >= 0.3 is 12.0 Å². The number of aryl methyl sites for hydroxylation is 1. The number of aromatic nitrogens is 1. The van der Waals surface area contributed by atoms with Crippen LogP contribution in [-0.2, 0) is 6.54 Å². The van der Waals surface area contributed by atoms with Crippen LogP contribution >= 0.6 is 11.3 Å². The standard InChI is InChI=1S/C11H11N3O4S/c1-6-4-7(18-14-6)5-12-11(17)13-9-8(10(15)16)2-3-19-9/h2-4H,5H2,1H3,(H,15,16)(H2,12,13,17). The highest BCUT2D eigenvalue weighted by Gasteiger charge is 2.13. The summed E-state index contributed by atoms with van der Waals surface area (Å²) < 4.78 is 4.93. The second-order valence-electron chi connectivity index (χ2n) is 3.71. The summed E-state index contributed by atoms with van der Waals surface area (Å²) in [6.45, 7) is 1.96. The van der Waals surface area contributed by atoms with Crippen molar-refractivity contribution in [3.8, 4) is 0 Å². The van der Waals surface area contributed by atoms with Gasteiger partial charge in [0.05, 0.1) is 17.8 Å². The van der Waals surface area contributed by atoms with Crippen LogP contribution in [0.2, 0.25) is 0 Å². The fourth-order valence-corrected chi connectivity index (χ4v) is 2.16. The van der Waals surface area contributed by atoms with Gasteiger partial charge in [0.2, 0.25) is 0 Å². The maximum absolute atomic E-state index is 11.6. The van der Waals surface area contributed by atoms with Crippen molar-refractivity contribution in [2.75, 3.05) is 5.32 Å². The van der Waals surface area contributed by atoms with Gasteiger partial charge < -0.3 is 14.9 Å². The minimum Gasteiger partial charge on any atom is -0.478 e. The molecule has 2 amide bonds. The average Bonchev–Trinajstić information content (AvgIpc) is 2.95. The summed E-state index contributed by atoms with van der Waals surface area (Å²) in [5, 5.41) is 19.5. The van der Waals surface area contributed by atoms with E-state index < -0.39 is 12.0 Å². The minimum absolute atomic E-state index is 0.0654. The Bertz CT molecular complexity index is 605. The number of amides is 2. The third-order valence-corrected chi connectivity index (χ3v) is 3.05. The highest BCUT2D eigenvalue weighted by atomic mass is 32.1. The molecule has 2 heterocycles. The van der Waals surface area contributed by atoms with E-state index in [1.54, 1.807) is 18.4 Å². The number of carbonyl (C=O) groups excluding carboxylic acids is 1. The lowest BCUT2D eigenvalue weighted by molar-refractivity contribution is 0.0698. The molecule has 0 bridgehead atoms. The monoisotopic (exact) mass is 281 g/mol. The van der Waals surface area contributed by atoms with Gasteiger partial charge in [0.1, 0.15) is 5.00 Å². The van der Waals surface area contributed by atoms with Gasteiger partial charge in [-0.25, -0.2) is 9.59 Å². The number of carbonyl (C=O) groups is 2. The van der Waals surface area contributed by atoms with Crippen molar-refractivity contribution in [3.63, 3.8) is 0 Å². The Hall–Kier alpha value is -2.35. The van der Waals surface area contributed by atoms with E-state index >= 15 is 0 Å². The van der Waals surface area contributed by atoms with Crippen molar-refractivity contribution in [2.24, 2.45) is 0 Å². The van der Waals surface area contributed by atoms with Gasteiger partial charge in [-0.05, 0) is 18.4 Å². The lowest BCUT2D eigenvalue weighted by Gasteiger charge is -2.04. The first-order chi connectivity index (χ1) is 9.06. The maximum Gasteiger partial charge on any atom is 0.338 e. The number of urea groups is 1. The van der Waals surface area contributed by atoms with Crippen LogP contribution in [0.1, 0.15) is 21.8 Å². The third-order valence-electron chi connectivity index (χ3n) is 2.22. The van der Waals surface area contributed by atoms with Gasteiger partial charge in [0.15, 0.2) is 5.76 Å². The molecule has 2 rings (SSSR count). The molecular formula is C11H11N3O4S. The van der Waals surface area contributed by atoms with Gasteiger partial charge in [-0.1, -0.05) is 5.16 Å². The largest absolute Gasteiger partial charge is 0.478 e. The SMILES string of the molecule is Cc1cc(CNC(=O)Nc2sccc2C(=O)O)on1. The van der Waals surface area contributed by atoms with E-state index in [0.717, 1.165) is 17.0 Å². The second-order valence-corrected chi connectivity index (χ2v) is 4.63. The summed E-state index contributed by atoms with van der Waals surface area (Å²) in [7, 11) is 0. The van der Waals surface area contributed by atoms with Gasteiger partial charge in [0.25, 0.3) is 0 Å². The Morgan fingerprint density at radius 3 is 2.95 bits per heavy atom. The summed E-state index contributed by atoms with van der Waals surface area (Å²) >= 11 is 1.14. The summed E-state index contributed by atoms with van der Waals surface area (Å²) in [6, 6.07) is 2.63. The number of anilines is 1. The normalized spacial score (nSPS) is 10.2.